The summed E-state index contributed by atoms with van der Waals surface area (Å²) < 4.78 is 38.4. The summed E-state index contributed by atoms with van der Waals surface area (Å²) in [6, 6.07) is 12.2. The highest BCUT2D eigenvalue weighted by Gasteiger charge is 2.29. The van der Waals surface area contributed by atoms with Crippen LogP contribution >= 0.6 is 11.6 Å². The molecule has 0 atom stereocenters. The van der Waals surface area contributed by atoms with Crippen LogP contribution in [0.2, 0.25) is 5.02 Å². The number of amides is 1. The first-order valence-corrected chi connectivity index (χ1v) is 11.6. The summed E-state index contributed by atoms with van der Waals surface area (Å²) in [5, 5.41) is 0.156. The number of hydrogen-bond donors (Lipinski definition) is 0. The second kappa shape index (κ2) is 8.93. The predicted molar refractivity (Wildman–Crippen MR) is 112 cm³/mol. The summed E-state index contributed by atoms with van der Waals surface area (Å²) in [6.45, 7) is 2.69. The van der Waals surface area contributed by atoms with Gasteiger partial charge in [-0.05, 0) is 35.7 Å². The Bertz CT molecular complexity index is 1040. The lowest BCUT2D eigenvalue weighted by Gasteiger charge is -2.28. The number of ether oxygens (including phenoxy) is 2. The maximum Gasteiger partial charge on any atom is 0.260 e. The van der Waals surface area contributed by atoms with E-state index in [-0.39, 0.29) is 28.2 Å². The van der Waals surface area contributed by atoms with E-state index in [0.29, 0.717) is 45.8 Å². The summed E-state index contributed by atoms with van der Waals surface area (Å²) in [6.07, 6.45) is 0.675. The van der Waals surface area contributed by atoms with E-state index in [9.17, 15) is 13.2 Å². The van der Waals surface area contributed by atoms with Gasteiger partial charge in [-0.25, -0.2) is 8.42 Å². The normalized spacial score (nSPS) is 17.4. The Hall–Kier alpha value is -2.13. The predicted octanol–water partition coefficient (Wildman–Crippen LogP) is 2.32. The van der Waals surface area contributed by atoms with Gasteiger partial charge in [0.25, 0.3) is 5.91 Å². The largest absolute Gasteiger partial charge is 0.482 e. The zero-order valence-corrected chi connectivity index (χ0v) is 18.0. The van der Waals surface area contributed by atoms with Crippen LogP contribution in [0.25, 0.3) is 0 Å². The Balaban J connectivity index is 1.44. The van der Waals surface area contributed by atoms with Crippen LogP contribution in [0.1, 0.15) is 11.1 Å². The van der Waals surface area contributed by atoms with Gasteiger partial charge in [0.05, 0.1) is 23.1 Å². The van der Waals surface area contributed by atoms with Crippen molar-refractivity contribution in [1.82, 2.24) is 9.21 Å². The molecule has 0 bridgehead atoms. The van der Waals surface area contributed by atoms with E-state index in [1.54, 1.807) is 4.90 Å². The van der Waals surface area contributed by atoms with Crippen LogP contribution in [0.3, 0.4) is 0 Å². The number of halogens is 1. The highest BCUT2D eigenvalue weighted by atomic mass is 35.5. The van der Waals surface area contributed by atoms with E-state index < -0.39 is 10.0 Å². The summed E-state index contributed by atoms with van der Waals surface area (Å²) in [4.78, 5) is 14.0. The molecule has 2 heterocycles. The summed E-state index contributed by atoms with van der Waals surface area (Å²) in [5.41, 5.74) is 2.19. The maximum absolute atomic E-state index is 13.1. The van der Waals surface area contributed by atoms with E-state index >= 15 is 0 Å². The number of fused-ring (bicyclic) bond motifs is 1. The molecule has 30 heavy (non-hydrogen) atoms. The van der Waals surface area contributed by atoms with Crippen LogP contribution in [0.4, 0.5) is 0 Å². The van der Waals surface area contributed by atoms with Gasteiger partial charge in [0, 0.05) is 26.2 Å². The van der Waals surface area contributed by atoms with Gasteiger partial charge in [-0.2, -0.15) is 4.31 Å². The van der Waals surface area contributed by atoms with Crippen molar-refractivity contribution in [3.8, 4) is 5.75 Å². The third kappa shape index (κ3) is 4.46. The van der Waals surface area contributed by atoms with Gasteiger partial charge in [0.15, 0.2) is 6.61 Å². The van der Waals surface area contributed by atoms with Crippen LogP contribution in [0.15, 0.2) is 47.4 Å². The number of hydrogen-bond acceptors (Lipinski definition) is 5. The number of rotatable bonds is 5. The van der Waals surface area contributed by atoms with Crippen molar-refractivity contribution in [2.75, 3.05) is 39.5 Å². The summed E-state index contributed by atoms with van der Waals surface area (Å²) >= 11 is 6.27. The van der Waals surface area contributed by atoms with Gasteiger partial charge < -0.3 is 14.4 Å². The molecule has 1 fully saturated rings. The van der Waals surface area contributed by atoms with Gasteiger partial charge in [-0.3, -0.25) is 4.79 Å². The average molecular weight is 451 g/mol. The number of sulfonamides is 1. The van der Waals surface area contributed by atoms with Crippen molar-refractivity contribution < 1.29 is 22.7 Å². The third-order valence-electron chi connectivity index (χ3n) is 5.35. The Morgan fingerprint density at radius 2 is 1.80 bits per heavy atom. The Kier molecular flexibility index (Phi) is 6.29. The molecule has 9 heteroatoms. The number of carbonyl (C=O) groups excluding carboxylic acids is 1. The molecule has 0 aliphatic carbocycles. The standard InChI is InChI=1S/C21H23ClN2O5S/c22-19-13-18(5-6-20(19)29-15-21(25)23-9-11-28-12-10-23)30(26,27)24-8-7-16-3-1-2-4-17(16)14-24/h1-6,13H,7-12,14-15H2. The Morgan fingerprint density at radius 3 is 2.53 bits per heavy atom. The quantitative estimate of drug-likeness (QED) is 0.698. The molecule has 0 radical (unpaired) electrons. The number of carbonyl (C=O) groups is 1. The summed E-state index contributed by atoms with van der Waals surface area (Å²) in [7, 11) is -3.69. The molecular formula is C21H23ClN2O5S. The van der Waals surface area contributed by atoms with Crippen LogP contribution in [-0.4, -0.2) is 63.0 Å². The highest BCUT2D eigenvalue weighted by molar-refractivity contribution is 7.89. The monoisotopic (exact) mass is 450 g/mol. The molecule has 2 aromatic rings. The second-order valence-electron chi connectivity index (χ2n) is 7.23. The zero-order valence-electron chi connectivity index (χ0n) is 16.4. The lowest BCUT2D eigenvalue weighted by molar-refractivity contribution is -0.137. The van der Waals surface area contributed by atoms with Gasteiger partial charge in [-0.15, -0.1) is 0 Å². The van der Waals surface area contributed by atoms with Crippen LogP contribution in [-0.2, 0) is 32.5 Å². The lowest BCUT2D eigenvalue weighted by Crippen LogP contribution is -2.43. The first-order valence-electron chi connectivity index (χ1n) is 9.80. The van der Waals surface area contributed by atoms with E-state index in [4.69, 9.17) is 21.1 Å². The van der Waals surface area contributed by atoms with Crippen molar-refractivity contribution in [1.29, 1.82) is 0 Å². The van der Waals surface area contributed by atoms with E-state index in [1.165, 1.54) is 28.1 Å². The Morgan fingerprint density at radius 1 is 1.07 bits per heavy atom. The van der Waals surface area contributed by atoms with Crippen LogP contribution in [0, 0.1) is 0 Å². The van der Waals surface area contributed by atoms with E-state index in [1.807, 2.05) is 24.3 Å². The van der Waals surface area contributed by atoms with Crippen molar-refractivity contribution in [2.24, 2.45) is 0 Å². The highest BCUT2D eigenvalue weighted by Crippen LogP contribution is 2.31. The molecule has 0 N–H and O–H groups in total. The maximum atomic E-state index is 13.1. The fraction of sp³-hybridized carbons (Fsp3) is 0.381. The topological polar surface area (TPSA) is 76.2 Å². The van der Waals surface area contributed by atoms with Crippen LogP contribution < -0.4 is 4.74 Å². The fourth-order valence-electron chi connectivity index (χ4n) is 3.63. The molecule has 2 aliphatic rings. The van der Waals surface area contributed by atoms with Crippen molar-refractivity contribution in [3.63, 3.8) is 0 Å². The second-order valence-corrected chi connectivity index (χ2v) is 9.58. The lowest BCUT2D eigenvalue weighted by atomic mass is 10.0. The average Bonchev–Trinajstić information content (AvgIpc) is 2.78. The molecule has 1 amide bonds. The van der Waals surface area contributed by atoms with Gasteiger partial charge in [0.2, 0.25) is 10.0 Å². The zero-order chi connectivity index (χ0) is 21.1. The molecule has 0 spiro atoms. The van der Waals surface area contributed by atoms with Crippen molar-refractivity contribution >= 4 is 27.5 Å². The third-order valence-corrected chi connectivity index (χ3v) is 7.49. The molecule has 160 valence electrons. The van der Waals surface area contributed by atoms with E-state index in [0.717, 1.165) is 5.56 Å². The summed E-state index contributed by atoms with van der Waals surface area (Å²) in [5.74, 6) is 0.124. The number of morpholine rings is 1. The smallest absolute Gasteiger partial charge is 0.260 e. The molecule has 7 nitrogen and oxygen atoms in total. The molecule has 2 aliphatic heterocycles. The van der Waals surface area contributed by atoms with E-state index in [2.05, 4.69) is 0 Å². The van der Waals surface area contributed by atoms with Gasteiger partial charge in [-0.1, -0.05) is 35.9 Å². The first kappa shape index (κ1) is 21.1. The molecule has 2 aromatic carbocycles. The molecule has 0 saturated carbocycles. The molecule has 0 unspecified atom stereocenters. The minimum absolute atomic E-state index is 0.110. The van der Waals surface area contributed by atoms with Crippen molar-refractivity contribution in [3.05, 3.63) is 58.6 Å². The fourth-order valence-corrected chi connectivity index (χ4v) is 5.37. The minimum Gasteiger partial charge on any atom is -0.482 e. The van der Waals surface area contributed by atoms with Gasteiger partial charge in [0.1, 0.15) is 5.75 Å². The first-order chi connectivity index (χ1) is 14.4. The Labute approximate surface area is 181 Å². The minimum atomic E-state index is -3.69. The SMILES string of the molecule is O=C(COc1ccc(S(=O)(=O)N2CCc3ccccc3C2)cc1Cl)N1CCOCC1. The van der Waals surface area contributed by atoms with Gasteiger partial charge >= 0.3 is 0 Å². The number of nitrogens with zero attached hydrogens (tertiary/aromatic N) is 2. The molecule has 0 aromatic heterocycles. The van der Waals surface area contributed by atoms with Crippen LogP contribution in [0.5, 0.6) is 5.75 Å². The van der Waals surface area contributed by atoms with Crippen molar-refractivity contribution in [2.45, 2.75) is 17.9 Å². The molecular weight excluding hydrogens is 428 g/mol. The molecule has 4 rings (SSSR count). The molecule has 1 saturated heterocycles. The number of benzene rings is 2.